The molecule has 7 nitrogen and oxygen atoms in total. The Morgan fingerprint density at radius 2 is 1.90 bits per heavy atom. The molecule has 3 aromatic rings. The molecule has 2 aliphatic carbocycles. The first-order valence-corrected chi connectivity index (χ1v) is 11.4. The number of ketones is 1. The zero-order valence-electron chi connectivity index (χ0n) is 17.6. The number of ether oxygens (including phenoxy) is 1. The molecule has 2 aliphatic rings. The van der Waals surface area contributed by atoms with Gasteiger partial charge >= 0.3 is 0 Å². The molecule has 0 saturated heterocycles. The highest BCUT2D eigenvalue weighted by Gasteiger charge is 2.32. The fraction of sp³-hybridized carbons (Fsp3) is 0.500. The van der Waals surface area contributed by atoms with E-state index >= 15 is 0 Å². The lowest BCUT2D eigenvalue weighted by Gasteiger charge is -2.30. The Kier molecular flexibility index (Phi) is 5.68. The van der Waals surface area contributed by atoms with Crippen LogP contribution in [0.25, 0.3) is 17.2 Å². The van der Waals surface area contributed by atoms with Crippen LogP contribution in [-0.2, 0) is 16.1 Å². The highest BCUT2D eigenvalue weighted by Crippen LogP contribution is 2.35. The molecule has 7 heteroatoms. The van der Waals surface area contributed by atoms with Gasteiger partial charge in [0.25, 0.3) is 11.3 Å². The van der Waals surface area contributed by atoms with Crippen molar-refractivity contribution in [3.63, 3.8) is 0 Å². The summed E-state index contributed by atoms with van der Waals surface area (Å²) in [5.74, 6) is 2.01. The molecule has 5 rings (SSSR count). The van der Waals surface area contributed by atoms with Gasteiger partial charge in [-0.1, -0.05) is 56.0 Å². The number of aromatic nitrogens is 4. The monoisotopic (exact) mass is 420 g/mol. The maximum atomic E-state index is 12.8. The maximum Gasteiger partial charge on any atom is 0.274 e. The number of nitrogens with zero attached hydrogens (tertiary/aromatic N) is 3. The average Bonchev–Trinajstić information content (AvgIpc) is 3.53. The Labute approximate surface area is 180 Å². The maximum absolute atomic E-state index is 12.8. The molecule has 1 aromatic carbocycles. The number of H-pyrrole nitrogens is 1. The number of aromatic amines is 1. The van der Waals surface area contributed by atoms with Crippen molar-refractivity contribution >= 4 is 11.6 Å². The number of carbonyl (C=O) groups is 1. The van der Waals surface area contributed by atoms with Gasteiger partial charge in [0.05, 0.1) is 18.4 Å². The predicted octanol–water partition coefficient (Wildman–Crippen LogP) is 3.92. The van der Waals surface area contributed by atoms with Crippen LogP contribution in [0.1, 0.15) is 57.1 Å². The van der Waals surface area contributed by atoms with E-state index in [1.807, 2.05) is 30.3 Å². The summed E-state index contributed by atoms with van der Waals surface area (Å²) >= 11 is 0. The molecule has 162 valence electrons. The third kappa shape index (κ3) is 4.61. The highest BCUT2D eigenvalue weighted by molar-refractivity contribution is 5.81. The van der Waals surface area contributed by atoms with Crippen molar-refractivity contribution in [1.29, 1.82) is 0 Å². The molecule has 2 atom stereocenters. The molecule has 1 N–H and O–H groups in total. The van der Waals surface area contributed by atoms with Crippen LogP contribution in [0, 0.1) is 11.8 Å². The minimum absolute atomic E-state index is 0.0209. The van der Waals surface area contributed by atoms with Crippen molar-refractivity contribution in [3.8, 4) is 11.4 Å². The molecule has 2 aromatic heterocycles. The molecular weight excluding hydrogens is 392 g/mol. The van der Waals surface area contributed by atoms with Crippen molar-refractivity contribution in [1.82, 2.24) is 19.6 Å². The lowest BCUT2D eigenvalue weighted by molar-refractivity contribution is -0.131. The number of rotatable bonds is 8. The second-order valence-electron chi connectivity index (χ2n) is 8.85. The lowest BCUT2D eigenvalue weighted by atomic mass is 9.82. The first-order valence-electron chi connectivity index (χ1n) is 11.4. The quantitative estimate of drug-likeness (QED) is 0.597. The van der Waals surface area contributed by atoms with Crippen LogP contribution in [0.4, 0.5) is 0 Å². The van der Waals surface area contributed by atoms with Crippen molar-refractivity contribution in [2.24, 2.45) is 11.8 Å². The number of nitrogens with one attached hydrogen (secondary N) is 1. The van der Waals surface area contributed by atoms with Crippen molar-refractivity contribution in [2.75, 3.05) is 0 Å². The van der Waals surface area contributed by atoms with Gasteiger partial charge in [0, 0.05) is 24.0 Å². The summed E-state index contributed by atoms with van der Waals surface area (Å²) in [6, 6.07) is 11.1. The van der Waals surface area contributed by atoms with E-state index in [0.29, 0.717) is 29.5 Å². The van der Waals surface area contributed by atoms with Crippen molar-refractivity contribution in [2.45, 2.75) is 64.1 Å². The molecular formula is C24H28N4O3. The highest BCUT2D eigenvalue weighted by atomic mass is 16.5. The van der Waals surface area contributed by atoms with E-state index in [4.69, 9.17) is 4.74 Å². The number of fused-ring (bicyclic) bond motifs is 1. The average molecular weight is 421 g/mol. The molecule has 2 unspecified atom stereocenters. The first kappa shape index (κ1) is 20.1. The summed E-state index contributed by atoms with van der Waals surface area (Å²) in [5.41, 5.74) is 1.21. The minimum atomic E-state index is -0.223. The molecule has 0 spiro atoms. The van der Waals surface area contributed by atoms with Gasteiger partial charge < -0.3 is 4.74 Å². The Hall–Kier alpha value is -2.80. The van der Waals surface area contributed by atoms with Crippen LogP contribution in [0.5, 0.6) is 0 Å². The van der Waals surface area contributed by atoms with Gasteiger partial charge in [-0.2, -0.15) is 9.50 Å². The van der Waals surface area contributed by atoms with Gasteiger partial charge in [-0.05, 0) is 25.2 Å². The molecule has 31 heavy (non-hydrogen) atoms. The van der Waals surface area contributed by atoms with Crippen LogP contribution in [0.15, 0.2) is 41.2 Å². The normalized spacial score (nSPS) is 21.4. The van der Waals surface area contributed by atoms with E-state index in [1.165, 1.54) is 23.4 Å². The number of hydrogen-bond acceptors (Lipinski definition) is 5. The van der Waals surface area contributed by atoms with Crippen LogP contribution < -0.4 is 5.56 Å². The summed E-state index contributed by atoms with van der Waals surface area (Å²) in [7, 11) is 0. The summed E-state index contributed by atoms with van der Waals surface area (Å²) in [4.78, 5) is 34.3. The van der Waals surface area contributed by atoms with Crippen LogP contribution in [-0.4, -0.2) is 31.5 Å². The van der Waals surface area contributed by atoms with E-state index in [2.05, 4.69) is 15.1 Å². The molecule has 0 radical (unpaired) electrons. The van der Waals surface area contributed by atoms with Crippen LogP contribution in [0.2, 0.25) is 0 Å². The summed E-state index contributed by atoms with van der Waals surface area (Å²) in [5, 5.41) is 3.01. The van der Waals surface area contributed by atoms with Crippen molar-refractivity contribution < 1.29 is 9.53 Å². The largest absolute Gasteiger partial charge is 0.371 e. The van der Waals surface area contributed by atoms with Gasteiger partial charge in [-0.15, -0.1) is 0 Å². The molecule has 2 saturated carbocycles. The van der Waals surface area contributed by atoms with Crippen molar-refractivity contribution in [3.05, 3.63) is 52.4 Å². The molecule has 0 amide bonds. The molecule has 2 heterocycles. The third-order valence-corrected chi connectivity index (χ3v) is 6.49. The number of hydrogen-bond donors (Lipinski definition) is 1. The summed E-state index contributed by atoms with van der Waals surface area (Å²) in [6.07, 6.45) is 8.13. The van der Waals surface area contributed by atoms with E-state index < -0.39 is 0 Å². The van der Waals surface area contributed by atoms with Crippen LogP contribution >= 0.6 is 0 Å². The fourth-order valence-electron chi connectivity index (χ4n) is 4.52. The lowest BCUT2D eigenvalue weighted by Crippen LogP contribution is -2.34. The zero-order valence-corrected chi connectivity index (χ0v) is 17.6. The van der Waals surface area contributed by atoms with Gasteiger partial charge in [0.1, 0.15) is 5.78 Å². The number of benzene rings is 1. The topological polar surface area (TPSA) is 89.4 Å². The number of carbonyl (C=O) groups excluding carboxylic acids is 1. The predicted molar refractivity (Wildman–Crippen MR) is 117 cm³/mol. The summed E-state index contributed by atoms with van der Waals surface area (Å²) < 4.78 is 7.49. The first-order chi connectivity index (χ1) is 15.2. The molecule has 2 fully saturated rings. The molecule has 0 bridgehead atoms. The Bertz CT molecular complexity index is 1120. The number of Topliss-reactive ketones (excluding diaryl/α,β-unsaturated/α-hetero) is 1. The van der Waals surface area contributed by atoms with Gasteiger partial charge in [0.15, 0.2) is 5.82 Å². The second kappa shape index (κ2) is 8.75. The van der Waals surface area contributed by atoms with Gasteiger partial charge in [0.2, 0.25) is 0 Å². The van der Waals surface area contributed by atoms with E-state index in [9.17, 15) is 9.59 Å². The van der Waals surface area contributed by atoms with E-state index in [0.717, 1.165) is 43.6 Å². The smallest absolute Gasteiger partial charge is 0.274 e. The minimum Gasteiger partial charge on any atom is -0.371 e. The third-order valence-electron chi connectivity index (χ3n) is 6.49. The summed E-state index contributed by atoms with van der Waals surface area (Å²) in [6.45, 7) is 0.219. The van der Waals surface area contributed by atoms with E-state index in [1.54, 1.807) is 0 Å². The Balaban J connectivity index is 1.29. The molecule has 0 aliphatic heterocycles. The second-order valence-corrected chi connectivity index (χ2v) is 8.85. The van der Waals surface area contributed by atoms with Gasteiger partial charge in [-0.3, -0.25) is 14.7 Å². The Morgan fingerprint density at radius 3 is 2.71 bits per heavy atom. The van der Waals surface area contributed by atoms with Crippen LogP contribution in [0.3, 0.4) is 0 Å². The van der Waals surface area contributed by atoms with E-state index in [-0.39, 0.29) is 24.2 Å². The fourth-order valence-corrected chi connectivity index (χ4v) is 4.52. The standard InChI is InChI=1S/C24H28N4O3/c29-20(13-12-16-10-11-16)19-8-4-5-9-21(19)31-15-18-14-22(30)28-24(25-18)26-23(27-28)17-6-2-1-3-7-17/h1-3,6-7,14,16,19,21H,4-5,8-13,15H2,(H,25,26,27). The van der Waals surface area contributed by atoms with Gasteiger partial charge in [-0.25, -0.2) is 4.98 Å². The Morgan fingerprint density at radius 1 is 1.10 bits per heavy atom. The SMILES string of the molecule is O=C(CCC1CC1)C1CCCCC1OCc1cc(=O)n2[nH]c(-c3ccccc3)nc2n1. The zero-order chi connectivity index (χ0) is 21.2.